The molecule has 3 unspecified atom stereocenters. The van der Waals surface area contributed by atoms with Crippen LogP contribution in [-0.4, -0.2) is 0 Å². The molecule has 0 aliphatic heterocycles. The Kier molecular flexibility index (Phi) is 0.980. The van der Waals surface area contributed by atoms with Gasteiger partial charge >= 0.3 is 0 Å². The van der Waals surface area contributed by atoms with Crippen molar-refractivity contribution in [3.05, 3.63) is 0 Å². The second kappa shape index (κ2) is 1.53. The molecule has 0 N–H and O–H groups in total. The third-order valence-corrected chi connectivity index (χ3v) is 3.52. The van der Waals surface area contributed by atoms with Crippen molar-refractivity contribution in [2.45, 2.75) is 39.5 Å². The second-order valence-corrected chi connectivity index (χ2v) is 4.33. The lowest BCUT2D eigenvalue weighted by atomic mass is 9.84. The Labute approximate surface area is 57.6 Å². The highest BCUT2D eigenvalue weighted by Gasteiger charge is 2.53. The Balaban J connectivity index is 2.07. The van der Waals surface area contributed by atoms with Crippen molar-refractivity contribution >= 4 is 0 Å². The van der Waals surface area contributed by atoms with Crippen molar-refractivity contribution < 1.29 is 0 Å². The van der Waals surface area contributed by atoms with Crippen LogP contribution in [0.4, 0.5) is 0 Å². The highest BCUT2D eigenvalue weighted by atomic mass is 14.6. The van der Waals surface area contributed by atoms with Crippen molar-refractivity contribution in [3.63, 3.8) is 0 Å². The van der Waals surface area contributed by atoms with Crippen LogP contribution in [0.1, 0.15) is 39.5 Å². The summed E-state index contributed by atoms with van der Waals surface area (Å²) < 4.78 is 0. The first kappa shape index (κ1) is 5.76. The van der Waals surface area contributed by atoms with E-state index < -0.39 is 0 Å². The molecule has 0 aromatic carbocycles. The molecule has 0 saturated heterocycles. The lowest BCUT2D eigenvalue weighted by molar-refractivity contribution is 0.288. The van der Waals surface area contributed by atoms with Gasteiger partial charge in [-0.1, -0.05) is 26.7 Å². The fourth-order valence-electron chi connectivity index (χ4n) is 2.65. The first-order chi connectivity index (χ1) is 4.22. The van der Waals surface area contributed by atoms with Crippen LogP contribution in [0, 0.1) is 17.3 Å². The van der Waals surface area contributed by atoms with Crippen molar-refractivity contribution in [1.82, 2.24) is 0 Å². The van der Waals surface area contributed by atoms with E-state index in [2.05, 4.69) is 13.8 Å². The molecular formula is C9H16. The molecule has 2 aliphatic carbocycles. The van der Waals surface area contributed by atoms with Gasteiger partial charge in [-0.2, -0.15) is 0 Å². The summed E-state index contributed by atoms with van der Waals surface area (Å²) in [7, 11) is 0. The zero-order valence-electron chi connectivity index (χ0n) is 6.48. The molecule has 2 aliphatic rings. The maximum Gasteiger partial charge on any atom is -0.0292 e. The summed E-state index contributed by atoms with van der Waals surface area (Å²) in [6.07, 6.45) is 6.05. The zero-order valence-corrected chi connectivity index (χ0v) is 6.48. The lowest BCUT2D eigenvalue weighted by Gasteiger charge is -2.22. The van der Waals surface area contributed by atoms with Crippen LogP contribution in [0.25, 0.3) is 0 Å². The van der Waals surface area contributed by atoms with Crippen molar-refractivity contribution in [1.29, 1.82) is 0 Å². The van der Waals surface area contributed by atoms with E-state index in [1.807, 2.05) is 0 Å². The highest BCUT2D eigenvalue weighted by molar-refractivity contribution is 5.03. The summed E-state index contributed by atoms with van der Waals surface area (Å²) in [4.78, 5) is 0. The molecule has 0 aromatic rings. The predicted molar refractivity (Wildman–Crippen MR) is 39.2 cm³/mol. The van der Waals surface area contributed by atoms with Crippen LogP contribution in [0.15, 0.2) is 0 Å². The zero-order chi connectivity index (χ0) is 6.48. The van der Waals surface area contributed by atoms with Gasteiger partial charge in [-0.25, -0.2) is 0 Å². The van der Waals surface area contributed by atoms with Crippen LogP contribution in [0.3, 0.4) is 0 Å². The largest absolute Gasteiger partial charge is 0.0622 e. The maximum absolute atomic E-state index is 2.47. The molecule has 0 heteroatoms. The molecule has 9 heavy (non-hydrogen) atoms. The van der Waals surface area contributed by atoms with Crippen LogP contribution in [0.2, 0.25) is 0 Å². The van der Waals surface area contributed by atoms with Crippen LogP contribution < -0.4 is 0 Å². The summed E-state index contributed by atoms with van der Waals surface area (Å²) >= 11 is 0. The van der Waals surface area contributed by atoms with Gasteiger partial charge in [0.2, 0.25) is 0 Å². The number of hydrogen-bond donors (Lipinski definition) is 0. The quantitative estimate of drug-likeness (QED) is 0.466. The molecule has 0 spiro atoms. The Morgan fingerprint density at radius 3 is 2.78 bits per heavy atom. The summed E-state index contributed by atoms with van der Waals surface area (Å²) in [6.45, 7) is 4.89. The monoisotopic (exact) mass is 124 g/mol. The minimum Gasteiger partial charge on any atom is -0.0622 e. The standard InChI is InChI=1S/C9H16/c1-7-4-3-5-9(2)6-8(7)9/h7-8H,3-6H2,1-2H3. The normalized spacial score (nSPS) is 56.7. The Bertz CT molecular complexity index is 128. The summed E-state index contributed by atoms with van der Waals surface area (Å²) in [5.41, 5.74) is 0.817. The molecule has 0 bridgehead atoms. The first-order valence-electron chi connectivity index (χ1n) is 4.22. The van der Waals surface area contributed by atoms with Gasteiger partial charge in [-0.15, -0.1) is 0 Å². The molecule has 0 heterocycles. The van der Waals surface area contributed by atoms with Crippen LogP contribution in [0.5, 0.6) is 0 Å². The highest BCUT2D eigenvalue weighted by Crippen LogP contribution is 2.62. The molecule has 0 nitrogen and oxygen atoms in total. The summed E-state index contributed by atoms with van der Waals surface area (Å²) in [5, 5.41) is 0. The molecule has 2 saturated carbocycles. The van der Waals surface area contributed by atoms with Crippen LogP contribution >= 0.6 is 0 Å². The van der Waals surface area contributed by atoms with Gasteiger partial charge in [-0.3, -0.25) is 0 Å². The van der Waals surface area contributed by atoms with Crippen molar-refractivity contribution in [2.75, 3.05) is 0 Å². The molecule has 2 fully saturated rings. The average molecular weight is 124 g/mol. The van der Waals surface area contributed by atoms with Gasteiger partial charge in [0.25, 0.3) is 0 Å². The van der Waals surface area contributed by atoms with Crippen molar-refractivity contribution in [3.8, 4) is 0 Å². The third-order valence-electron chi connectivity index (χ3n) is 3.52. The van der Waals surface area contributed by atoms with Crippen molar-refractivity contribution in [2.24, 2.45) is 17.3 Å². The van der Waals surface area contributed by atoms with Gasteiger partial charge in [0.1, 0.15) is 0 Å². The third kappa shape index (κ3) is 0.720. The average Bonchev–Trinajstić information content (AvgIpc) is 2.43. The van der Waals surface area contributed by atoms with Crippen LogP contribution in [-0.2, 0) is 0 Å². The molecule has 0 amide bonds. The van der Waals surface area contributed by atoms with Gasteiger partial charge in [-0.05, 0) is 30.1 Å². The predicted octanol–water partition coefficient (Wildman–Crippen LogP) is 2.83. The fraction of sp³-hybridized carbons (Fsp3) is 1.00. The van der Waals surface area contributed by atoms with E-state index in [0.717, 1.165) is 17.3 Å². The Morgan fingerprint density at radius 1 is 1.44 bits per heavy atom. The summed E-state index contributed by atoms with van der Waals surface area (Å²) in [6, 6.07) is 0. The SMILES string of the molecule is CC1CCCC2(C)CC12. The van der Waals surface area contributed by atoms with E-state index in [1.54, 1.807) is 0 Å². The van der Waals surface area contributed by atoms with E-state index in [4.69, 9.17) is 0 Å². The molecule has 52 valence electrons. The van der Waals surface area contributed by atoms with Gasteiger partial charge in [0.05, 0.1) is 0 Å². The molecule has 0 aromatic heterocycles. The fourth-order valence-corrected chi connectivity index (χ4v) is 2.65. The number of fused-ring (bicyclic) bond motifs is 1. The Morgan fingerprint density at radius 2 is 2.22 bits per heavy atom. The number of rotatable bonds is 0. The minimum absolute atomic E-state index is 0.817. The lowest BCUT2D eigenvalue weighted by Crippen LogP contribution is -2.11. The first-order valence-corrected chi connectivity index (χ1v) is 4.22. The second-order valence-electron chi connectivity index (χ2n) is 4.33. The topological polar surface area (TPSA) is 0 Å². The Hall–Kier alpha value is 0. The number of hydrogen-bond acceptors (Lipinski definition) is 0. The molecule has 3 atom stereocenters. The van der Waals surface area contributed by atoms with Gasteiger partial charge in [0, 0.05) is 0 Å². The van der Waals surface area contributed by atoms with E-state index in [9.17, 15) is 0 Å². The smallest absolute Gasteiger partial charge is 0.0292 e. The van der Waals surface area contributed by atoms with E-state index in [-0.39, 0.29) is 0 Å². The molecule has 2 rings (SSSR count). The van der Waals surface area contributed by atoms with E-state index >= 15 is 0 Å². The summed E-state index contributed by atoms with van der Waals surface area (Å²) in [5.74, 6) is 2.16. The maximum atomic E-state index is 2.47. The minimum atomic E-state index is 0.817. The molecular weight excluding hydrogens is 108 g/mol. The van der Waals surface area contributed by atoms with Gasteiger partial charge < -0.3 is 0 Å². The van der Waals surface area contributed by atoms with Gasteiger partial charge in [0.15, 0.2) is 0 Å². The molecule has 0 radical (unpaired) electrons. The van der Waals surface area contributed by atoms with E-state index in [0.29, 0.717) is 0 Å². The van der Waals surface area contributed by atoms with E-state index in [1.165, 1.54) is 25.7 Å².